The largest absolute Gasteiger partial charge is 0.504 e. The first-order chi connectivity index (χ1) is 15.5. The average molecular weight is 477 g/mol. The van der Waals surface area contributed by atoms with Crippen molar-refractivity contribution in [3.8, 4) is 11.5 Å². The predicted octanol–water partition coefficient (Wildman–Crippen LogP) is 5.12. The van der Waals surface area contributed by atoms with Crippen LogP contribution in [-0.4, -0.2) is 26.4 Å². The van der Waals surface area contributed by atoms with Crippen LogP contribution in [-0.2, 0) is 16.2 Å². The monoisotopic (exact) mass is 477 g/mol. The molecule has 0 amide bonds. The molecule has 2 N–H and O–H groups in total. The van der Waals surface area contributed by atoms with Gasteiger partial charge in [0.15, 0.2) is 17.3 Å². The zero-order valence-corrected chi connectivity index (χ0v) is 17.9. The number of aromatic hydroxyl groups is 1. The van der Waals surface area contributed by atoms with Gasteiger partial charge in [0, 0.05) is 11.3 Å². The number of ketones is 1. The molecule has 0 aliphatic carbocycles. The Labute approximate surface area is 188 Å². The summed E-state index contributed by atoms with van der Waals surface area (Å²) in [6.45, 7) is 0. The second kappa shape index (κ2) is 9.37. The van der Waals surface area contributed by atoms with Gasteiger partial charge < -0.3 is 9.84 Å². The van der Waals surface area contributed by atoms with Crippen molar-refractivity contribution in [3.05, 3.63) is 89.5 Å². The van der Waals surface area contributed by atoms with Gasteiger partial charge in [-0.3, -0.25) is 9.52 Å². The van der Waals surface area contributed by atoms with Crippen molar-refractivity contribution in [1.29, 1.82) is 0 Å². The molecule has 0 spiro atoms. The second-order valence-corrected chi connectivity index (χ2v) is 8.52. The SMILES string of the molecule is COc1cc(/C=C/C(=O)c2cccc(NS(=O)(=O)c3cccc(C(F)(F)F)c3)c2)ccc1O. The van der Waals surface area contributed by atoms with Crippen LogP contribution < -0.4 is 9.46 Å². The summed E-state index contributed by atoms with van der Waals surface area (Å²) in [6, 6.07) is 13.4. The standard InChI is InChI=1S/C23H18F3NO5S/c1-32-22-12-15(9-11-21(22)29)8-10-20(28)16-4-2-6-18(13-16)27-33(30,31)19-7-3-5-17(14-19)23(24,25)26/h2-14,27,29H,1H3/b10-8+. The molecule has 3 aromatic rings. The van der Waals surface area contributed by atoms with E-state index >= 15 is 0 Å². The quantitative estimate of drug-likeness (QED) is 0.364. The molecule has 6 nitrogen and oxygen atoms in total. The minimum atomic E-state index is -4.69. The third kappa shape index (κ3) is 5.92. The highest BCUT2D eigenvalue weighted by Crippen LogP contribution is 2.31. The molecule has 3 rings (SSSR count). The smallest absolute Gasteiger partial charge is 0.416 e. The summed E-state index contributed by atoms with van der Waals surface area (Å²) in [6.07, 6.45) is -1.94. The fraction of sp³-hybridized carbons (Fsp3) is 0.0870. The molecular weight excluding hydrogens is 459 g/mol. The highest BCUT2D eigenvalue weighted by molar-refractivity contribution is 7.92. The lowest BCUT2D eigenvalue weighted by Crippen LogP contribution is -2.15. The topological polar surface area (TPSA) is 92.7 Å². The van der Waals surface area contributed by atoms with Crippen LogP contribution in [0.2, 0.25) is 0 Å². The number of sulfonamides is 1. The zero-order valence-electron chi connectivity index (χ0n) is 17.1. The van der Waals surface area contributed by atoms with Gasteiger partial charge >= 0.3 is 6.18 Å². The van der Waals surface area contributed by atoms with E-state index in [-0.39, 0.29) is 22.7 Å². The molecule has 172 valence electrons. The Balaban J connectivity index is 1.80. The Morgan fingerprint density at radius 2 is 1.76 bits per heavy atom. The van der Waals surface area contributed by atoms with E-state index in [4.69, 9.17) is 4.74 Å². The van der Waals surface area contributed by atoms with Crippen molar-refractivity contribution in [3.63, 3.8) is 0 Å². The number of methoxy groups -OCH3 is 1. The molecule has 0 aromatic heterocycles. The van der Waals surface area contributed by atoms with Crippen molar-refractivity contribution in [2.45, 2.75) is 11.1 Å². The minimum Gasteiger partial charge on any atom is -0.504 e. The van der Waals surface area contributed by atoms with Gasteiger partial charge in [-0.25, -0.2) is 8.42 Å². The lowest BCUT2D eigenvalue weighted by Gasteiger charge is -2.11. The number of rotatable bonds is 7. The highest BCUT2D eigenvalue weighted by Gasteiger charge is 2.31. The molecule has 0 unspecified atom stereocenters. The number of ether oxygens (including phenoxy) is 1. The molecule has 0 fully saturated rings. The maximum atomic E-state index is 12.9. The number of allylic oxidation sites excluding steroid dienone is 1. The first-order valence-electron chi connectivity index (χ1n) is 9.39. The Hall–Kier alpha value is -3.79. The summed E-state index contributed by atoms with van der Waals surface area (Å²) in [4.78, 5) is 12.0. The first kappa shape index (κ1) is 23.9. The molecule has 0 radical (unpaired) electrons. The van der Waals surface area contributed by atoms with Crippen LogP contribution in [0.3, 0.4) is 0 Å². The van der Waals surface area contributed by atoms with Crippen LogP contribution in [0.4, 0.5) is 18.9 Å². The summed E-state index contributed by atoms with van der Waals surface area (Å²) in [5, 5.41) is 9.62. The number of anilines is 1. The molecular formula is C23H18F3NO5S. The van der Waals surface area contributed by atoms with E-state index in [0.717, 1.165) is 18.2 Å². The number of hydrogen-bond donors (Lipinski definition) is 2. The van der Waals surface area contributed by atoms with Crippen LogP contribution >= 0.6 is 0 Å². The van der Waals surface area contributed by atoms with E-state index in [1.807, 2.05) is 0 Å². The third-order valence-electron chi connectivity index (χ3n) is 4.50. The Bertz CT molecular complexity index is 1320. The first-order valence-corrected chi connectivity index (χ1v) is 10.9. The van der Waals surface area contributed by atoms with E-state index in [2.05, 4.69) is 4.72 Å². The molecule has 0 aliphatic heterocycles. The van der Waals surface area contributed by atoms with Crippen molar-refractivity contribution in [2.24, 2.45) is 0 Å². The van der Waals surface area contributed by atoms with Crippen LogP contribution in [0.15, 0.2) is 77.7 Å². The molecule has 3 aromatic carbocycles. The Morgan fingerprint density at radius 1 is 1.03 bits per heavy atom. The number of alkyl halides is 3. The minimum absolute atomic E-state index is 0.0120. The number of benzene rings is 3. The number of phenols is 1. The maximum Gasteiger partial charge on any atom is 0.416 e. The molecule has 0 atom stereocenters. The number of carbonyl (C=O) groups excluding carboxylic acids is 1. The molecule has 0 saturated carbocycles. The van der Waals surface area contributed by atoms with E-state index in [1.165, 1.54) is 55.7 Å². The Morgan fingerprint density at radius 3 is 2.45 bits per heavy atom. The van der Waals surface area contributed by atoms with Gasteiger partial charge in [-0.2, -0.15) is 13.2 Å². The molecule has 33 heavy (non-hydrogen) atoms. The summed E-state index contributed by atoms with van der Waals surface area (Å²) >= 11 is 0. The number of halogens is 3. The number of phenolic OH excluding ortho intramolecular Hbond substituents is 1. The van der Waals surface area contributed by atoms with E-state index in [9.17, 15) is 31.5 Å². The van der Waals surface area contributed by atoms with Gasteiger partial charge in [0.2, 0.25) is 0 Å². The molecule has 10 heteroatoms. The second-order valence-electron chi connectivity index (χ2n) is 6.84. The van der Waals surface area contributed by atoms with Crippen LogP contribution in [0, 0.1) is 0 Å². The van der Waals surface area contributed by atoms with Gasteiger partial charge in [0.1, 0.15) is 0 Å². The lowest BCUT2D eigenvalue weighted by atomic mass is 10.1. The molecule has 0 aliphatic rings. The summed E-state index contributed by atoms with van der Waals surface area (Å²) in [7, 11) is -2.93. The predicted molar refractivity (Wildman–Crippen MR) is 117 cm³/mol. The number of nitrogens with one attached hydrogen (secondary N) is 1. The van der Waals surface area contributed by atoms with Crippen molar-refractivity contribution < 1.29 is 36.2 Å². The maximum absolute atomic E-state index is 12.9. The van der Waals surface area contributed by atoms with Gasteiger partial charge in [-0.05, 0) is 54.1 Å². The van der Waals surface area contributed by atoms with Gasteiger partial charge in [0.25, 0.3) is 10.0 Å². The number of hydrogen-bond acceptors (Lipinski definition) is 5. The van der Waals surface area contributed by atoms with E-state index < -0.39 is 32.4 Å². The summed E-state index contributed by atoms with van der Waals surface area (Å²) in [5.41, 5.74) is -0.344. The molecule has 0 bridgehead atoms. The van der Waals surface area contributed by atoms with Gasteiger partial charge in [0.05, 0.1) is 17.6 Å². The van der Waals surface area contributed by atoms with Crippen molar-refractivity contribution in [2.75, 3.05) is 11.8 Å². The summed E-state index contributed by atoms with van der Waals surface area (Å²) < 4.78 is 71.0. The van der Waals surface area contributed by atoms with Crippen molar-refractivity contribution in [1.82, 2.24) is 0 Å². The Kier molecular flexibility index (Phi) is 6.78. The zero-order chi connectivity index (χ0) is 24.2. The lowest BCUT2D eigenvalue weighted by molar-refractivity contribution is -0.137. The van der Waals surface area contributed by atoms with E-state index in [1.54, 1.807) is 6.07 Å². The number of carbonyl (C=O) groups is 1. The summed E-state index contributed by atoms with van der Waals surface area (Å²) in [5.74, 6) is -0.264. The highest BCUT2D eigenvalue weighted by atomic mass is 32.2. The van der Waals surface area contributed by atoms with E-state index in [0.29, 0.717) is 11.6 Å². The molecule has 0 saturated heterocycles. The van der Waals surface area contributed by atoms with Crippen LogP contribution in [0.25, 0.3) is 6.08 Å². The van der Waals surface area contributed by atoms with Gasteiger partial charge in [-0.15, -0.1) is 0 Å². The molecule has 0 heterocycles. The van der Waals surface area contributed by atoms with Gasteiger partial charge in [-0.1, -0.05) is 30.3 Å². The fourth-order valence-electron chi connectivity index (χ4n) is 2.86. The average Bonchev–Trinajstić information content (AvgIpc) is 2.77. The van der Waals surface area contributed by atoms with Crippen LogP contribution in [0.1, 0.15) is 21.5 Å². The third-order valence-corrected chi connectivity index (χ3v) is 5.88. The van der Waals surface area contributed by atoms with Crippen molar-refractivity contribution >= 4 is 27.6 Å². The normalized spacial score (nSPS) is 12.0. The fourth-order valence-corrected chi connectivity index (χ4v) is 3.95. The van der Waals surface area contributed by atoms with Crippen LogP contribution in [0.5, 0.6) is 11.5 Å².